The van der Waals surface area contributed by atoms with Crippen molar-refractivity contribution in [2.24, 2.45) is 11.3 Å². The quantitative estimate of drug-likeness (QED) is 0.0916. The first-order chi connectivity index (χ1) is 34.3. The lowest BCUT2D eigenvalue weighted by molar-refractivity contribution is -0.274. The highest BCUT2D eigenvalue weighted by atomic mass is 19.4. The average molecular weight is 998 g/mol. The number of alkyl halides is 3. The molecule has 6 aliphatic rings. The fraction of sp³-hybridized carbons (Fsp3) is 0.519. The number of esters is 3. The van der Waals surface area contributed by atoms with Crippen LogP contribution in [0.25, 0.3) is 10.9 Å². The van der Waals surface area contributed by atoms with E-state index in [9.17, 15) is 32.7 Å². The Balaban J connectivity index is 1.18. The average Bonchev–Trinajstić information content (AvgIpc) is 4.02. The minimum absolute atomic E-state index is 0.00506. The van der Waals surface area contributed by atoms with Gasteiger partial charge in [-0.1, -0.05) is 50.3 Å². The summed E-state index contributed by atoms with van der Waals surface area (Å²) in [7, 11) is 5.94. The number of halogens is 3. The van der Waals surface area contributed by atoms with Gasteiger partial charge < -0.3 is 48.9 Å². The molecule has 1 unspecified atom stereocenters. The molecule has 3 aromatic carbocycles. The number of aliphatic hydroxyl groups is 1. The van der Waals surface area contributed by atoms with Gasteiger partial charge in [0.15, 0.2) is 6.10 Å². The molecule has 0 radical (unpaired) electrons. The van der Waals surface area contributed by atoms with Gasteiger partial charge in [-0.05, 0) is 92.4 Å². The van der Waals surface area contributed by atoms with E-state index in [4.69, 9.17) is 18.9 Å². The summed E-state index contributed by atoms with van der Waals surface area (Å²) in [6.07, 6.45) is 0.138. The number of hydrogen-bond donors (Lipinski definition) is 3. The van der Waals surface area contributed by atoms with Crippen LogP contribution in [-0.4, -0.2) is 140 Å². The summed E-state index contributed by atoms with van der Waals surface area (Å²) in [5.41, 5.74) is -2.65. The second-order valence-corrected chi connectivity index (χ2v) is 20.8. The molecule has 6 heterocycles. The number of likely N-dealkylation sites (N-methyl/N-ethyl adjacent to an activating group) is 1. The number of nitrogens with zero attached hydrogens (tertiary/aromatic N) is 3. The summed E-state index contributed by atoms with van der Waals surface area (Å²) in [6, 6.07) is 15.4. The highest BCUT2D eigenvalue weighted by molar-refractivity contribution is 5.96. The van der Waals surface area contributed by atoms with Crippen LogP contribution in [0.1, 0.15) is 85.6 Å². The molecule has 1 aromatic heterocycles. The fourth-order valence-corrected chi connectivity index (χ4v) is 14.9. The Morgan fingerprint density at radius 1 is 0.917 bits per heavy atom. The summed E-state index contributed by atoms with van der Waals surface area (Å²) in [4.78, 5) is 67.9. The SMILES string of the molecule is CC[C@]1(NC(=O)c2cccc(OC(F)(F)F)c2)C[C@H]2CN(CCc3c([nH]c4ccccc34)[C@@](C(=O)OC)(c3cc4c(cc3OC)N(C)[C@H]3[C@@](O)(C(=O)OC)[C@H](OC(C)=O)[C@]5(CC)C=CCN6CC[C@]43[C@@H]65)C2)C1. The molecule has 384 valence electrons. The summed E-state index contributed by atoms with van der Waals surface area (Å²) in [5, 5.41) is 17.6. The fourth-order valence-electron chi connectivity index (χ4n) is 14.9. The molecule has 15 nitrogen and oxygen atoms in total. The number of nitrogens with one attached hydrogen (secondary N) is 2. The minimum atomic E-state index is -4.94. The number of aromatic nitrogens is 1. The molecule has 1 spiro atoms. The lowest BCUT2D eigenvalue weighted by atomic mass is 9.47. The first-order valence-electron chi connectivity index (χ1n) is 24.7. The molecule has 4 aromatic rings. The molecule has 1 aliphatic carbocycles. The molecule has 2 bridgehead atoms. The normalized spacial score (nSPS) is 32.5. The van der Waals surface area contributed by atoms with Crippen molar-refractivity contribution >= 4 is 40.4 Å². The zero-order valence-electron chi connectivity index (χ0n) is 41.6. The molecule has 5 aliphatic heterocycles. The Bertz CT molecular complexity index is 2890. The van der Waals surface area contributed by atoms with E-state index < -0.39 is 81.5 Å². The first kappa shape index (κ1) is 49.5. The van der Waals surface area contributed by atoms with Crippen molar-refractivity contribution in [3.05, 3.63) is 101 Å². The number of amides is 1. The van der Waals surface area contributed by atoms with Crippen molar-refractivity contribution in [3.8, 4) is 11.5 Å². The Morgan fingerprint density at radius 2 is 1.68 bits per heavy atom. The Labute approximate surface area is 415 Å². The lowest BCUT2D eigenvalue weighted by Crippen LogP contribution is -2.81. The number of piperidine rings is 1. The van der Waals surface area contributed by atoms with Gasteiger partial charge in [-0.3, -0.25) is 19.3 Å². The summed E-state index contributed by atoms with van der Waals surface area (Å²) in [5.74, 6) is -3.16. The molecule has 1 saturated carbocycles. The lowest BCUT2D eigenvalue weighted by Gasteiger charge is -2.63. The van der Waals surface area contributed by atoms with Gasteiger partial charge in [0.25, 0.3) is 5.91 Å². The highest BCUT2D eigenvalue weighted by Gasteiger charge is 2.80. The van der Waals surface area contributed by atoms with Gasteiger partial charge in [0.1, 0.15) is 16.9 Å². The zero-order chi connectivity index (χ0) is 51.3. The number of fused-ring (bicyclic) bond motifs is 6. The van der Waals surface area contributed by atoms with E-state index in [1.165, 1.54) is 33.3 Å². The van der Waals surface area contributed by atoms with E-state index in [1.807, 2.05) is 74.3 Å². The number of ether oxygens (including phenoxy) is 5. The Kier molecular flexibility index (Phi) is 12.1. The van der Waals surface area contributed by atoms with Crippen LogP contribution in [0.15, 0.2) is 72.8 Å². The topological polar surface area (TPSA) is 172 Å². The third-order valence-corrected chi connectivity index (χ3v) is 17.3. The van der Waals surface area contributed by atoms with Gasteiger partial charge in [-0.2, -0.15) is 0 Å². The zero-order valence-corrected chi connectivity index (χ0v) is 41.6. The highest BCUT2D eigenvalue weighted by Crippen LogP contribution is 2.68. The van der Waals surface area contributed by atoms with Gasteiger partial charge in [-0.25, -0.2) is 4.79 Å². The van der Waals surface area contributed by atoms with Crippen molar-refractivity contribution in [1.82, 2.24) is 20.1 Å². The van der Waals surface area contributed by atoms with E-state index in [0.29, 0.717) is 87.5 Å². The smallest absolute Gasteiger partial charge is 0.496 e. The van der Waals surface area contributed by atoms with Gasteiger partial charge in [-0.15, -0.1) is 13.2 Å². The first-order valence-corrected chi connectivity index (χ1v) is 24.7. The second-order valence-electron chi connectivity index (χ2n) is 20.8. The third-order valence-electron chi connectivity index (χ3n) is 17.3. The predicted molar refractivity (Wildman–Crippen MR) is 259 cm³/mol. The summed E-state index contributed by atoms with van der Waals surface area (Å²) in [6.45, 7) is 7.91. The molecule has 18 heteroatoms. The molecular weight excluding hydrogens is 936 g/mol. The number of carbonyl (C=O) groups excluding carboxylic acids is 4. The number of aromatic amines is 1. The van der Waals surface area contributed by atoms with Crippen LogP contribution in [0, 0.1) is 11.3 Å². The number of hydrogen-bond acceptors (Lipinski definition) is 13. The number of H-pyrrole nitrogens is 1. The maximum absolute atomic E-state index is 15.7. The van der Waals surface area contributed by atoms with Gasteiger partial charge in [0.05, 0.1) is 32.9 Å². The maximum Gasteiger partial charge on any atom is 0.573 e. The number of carbonyl (C=O) groups is 4. The number of methoxy groups -OCH3 is 3. The summed E-state index contributed by atoms with van der Waals surface area (Å²) >= 11 is 0. The monoisotopic (exact) mass is 997 g/mol. The minimum Gasteiger partial charge on any atom is -0.496 e. The third kappa shape index (κ3) is 7.16. The van der Waals surface area contributed by atoms with E-state index >= 15 is 4.79 Å². The Morgan fingerprint density at radius 3 is 2.38 bits per heavy atom. The van der Waals surface area contributed by atoms with Crippen LogP contribution in [0.5, 0.6) is 11.5 Å². The van der Waals surface area contributed by atoms with Crippen molar-refractivity contribution in [3.63, 3.8) is 0 Å². The second kappa shape index (κ2) is 17.5. The molecular formula is C54H62F3N5O10. The van der Waals surface area contributed by atoms with E-state index in [1.54, 1.807) is 7.11 Å². The van der Waals surface area contributed by atoms with Crippen LogP contribution in [-0.2, 0) is 45.8 Å². The van der Waals surface area contributed by atoms with Crippen LogP contribution in [0.2, 0.25) is 0 Å². The molecule has 3 N–H and O–H groups in total. The molecule has 2 saturated heterocycles. The van der Waals surface area contributed by atoms with E-state index in [0.717, 1.165) is 34.2 Å². The van der Waals surface area contributed by atoms with Crippen molar-refractivity contribution in [2.45, 2.75) is 106 Å². The van der Waals surface area contributed by atoms with Crippen LogP contribution >= 0.6 is 0 Å². The largest absolute Gasteiger partial charge is 0.573 e. The molecule has 10 rings (SSSR count). The van der Waals surface area contributed by atoms with Crippen molar-refractivity contribution < 1.29 is 61.1 Å². The number of rotatable bonds is 10. The predicted octanol–water partition coefficient (Wildman–Crippen LogP) is 6.33. The van der Waals surface area contributed by atoms with Crippen molar-refractivity contribution in [2.75, 3.05) is 66.0 Å². The molecule has 1 amide bonds. The van der Waals surface area contributed by atoms with E-state index in [2.05, 4.69) is 24.8 Å². The van der Waals surface area contributed by atoms with Crippen LogP contribution < -0.4 is 19.7 Å². The Hall–Kier alpha value is -6.11. The standard InChI is InChI=1S/C54H62F3N5O10/c1-8-49(59-43(64)33-14-12-15-34(24-33)72-54(55,56)57)27-32-28-52(47(65)69-6,42-36(18-22-61(29-32)30-49)35-16-10-11-17-39(35)58-42)38-25-37-40(26-41(38)68-5)60(4)45-51(37)20-23-62-21-13-19-50(9-2,44(51)62)46(71-31(3)63)53(45,67)48(66)70-7/h10-17,19,24-26,32,44-46,58,67H,8-9,18,20-23,27-30H2,1-7H3,(H,59,64)/t32-,44+,45-,46-,49+,50-,51-,52+,53+/m1/s1. The van der Waals surface area contributed by atoms with Gasteiger partial charge in [0, 0.05) is 96.5 Å². The maximum atomic E-state index is 15.7. The molecule has 10 atom stereocenters. The number of para-hydroxylation sites is 1. The number of benzene rings is 3. The van der Waals surface area contributed by atoms with Gasteiger partial charge in [0.2, 0.25) is 5.60 Å². The van der Waals surface area contributed by atoms with Crippen molar-refractivity contribution in [1.29, 1.82) is 0 Å². The van der Waals surface area contributed by atoms with Gasteiger partial charge >= 0.3 is 24.3 Å². The molecule has 72 heavy (non-hydrogen) atoms. The van der Waals surface area contributed by atoms with E-state index in [-0.39, 0.29) is 17.9 Å². The summed E-state index contributed by atoms with van der Waals surface area (Å²) < 4.78 is 68.1. The number of anilines is 1. The molecule has 3 fully saturated rings. The van der Waals surface area contributed by atoms with Crippen LogP contribution in [0.4, 0.5) is 18.9 Å². The van der Waals surface area contributed by atoms with Crippen LogP contribution in [0.3, 0.4) is 0 Å².